The first-order chi connectivity index (χ1) is 16.3. The van der Waals surface area contributed by atoms with Gasteiger partial charge in [-0.15, -0.1) is 0 Å². The van der Waals surface area contributed by atoms with E-state index in [1.165, 1.54) is 18.3 Å². The quantitative estimate of drug-likeness (QED) is 0.188. The van der Waals surface area contributed by atoms with E-state index in [-0.39, 0.29) is 29.3 Å². The standard InChI is InChI=1S/C24H16F6N2O3/c1-2-35-22(34)15(12-31)10-16-13-32(20-6-4-3-5-19(16)20)21(33)9-14-7-17(23(25,26)27)11-18(8-14)24(28,29)30/h3-8,10-11,13H,2,9H2,1H3/b15-10+. The van der Waals surface area contributed by atoms with Gasteiger partial charge in [-0.3, -0.25) is 9.36 Å². The highest BCUT2D eigenvalue weighted by Gasteiger charge is 2.37. The number of aromatic nitrogens is 1. The number of alkyl halides is 6. The van der Waals surface area contributed by atoms with Gasteiger partial charge in [0.05, 0.1) is 29.7 Å². The maximum absolute atomic E-state index is 13.2. The minimum Gasteiger partial charge on any atom is -0.462 e. The zero-order valence-corrected chi connectivity index (χ0v) is 18.0. The molecule has 35 heavy (non-hydrogen) atoms. The van der Waals surface area contributed by atoms with Gasteiger partial charge in [-0.2, -0.15) is 31.6 Å². The number of hydrogen-bond acceptors (Lipinski definition) is 4. The lowest BCUT2D eigenvalue weighted by molar-refractivity contribution is -0.143. The fourth-order valence-electron chi connectivity index (χ4n) is 3.41. The Morgan fingerprint density at radius 1 is 1.03 bits per heavy atom. The van der Waals surface area contributed by atoms with Crippen LogP contribution in [0.5, 0.6) is 0 Å². The lowest BCUT2D eigenvalue weighted by Crippen LogP contribution is -2.16. The molecule has 1 heterocycles. The molecule has 1 aromatic heterocycles. The van der Waals surface area contributed by atoms with Crippen LogP contribution in [0.3, 0.4) is 0 Å². The van der Waals surface area contributed by atoms with Crippen molar-refractivity contribution in [3.63, 3.8) is 0 Å². The molecule has 0 unspecified atom stereocenters. The normalized spacial score (nSPS) is 12.5. The number of benzene rings is 2. The number of hydrogen-bond donors (Lipinski definition) is 0. The lowest BCUT2D eigenvalue weighted by atomic mass is 10.0. The molecule has 0 N–H and O–H groups in total. The predicted molar refractivity (Wildman–Crippen MR) is 113 cm³/mol. The molecule has 0 spiro atoms. The van der Waals surface area contributed by atoms with Crippen LogP contribution in [-0.2, 0) is 28.3 Å². The van der Waals surface area contributed by atoms with Gasteiger partial charge in [-0.1, -0.05) is 18.2 Å². The van der Waals surface area contributed by atoms with Crippen LogP contribution in [0.4, 0.5) is 26.3 Å². The second-order valence-electron chi connectivity index (χ2n) is 7.35. The van der Waals surface area contributed by atoms with E-state index in [4.69, 9.17) is 4.74 Å². The molecule has 0 aliphatic rings. The number of carbonyl (C=O) groups excluding carboxylic acids is 2. The molecule has 11 heteroatoms. The summed E-state index contributed by atoms with van der Waals surface area (Å²) in [6.07, 6.45) is -8.41. The van der Waals surface area contributed by atoms with Crippen molar-refractivity contribution >= 4 is 28.9 Å². The number of nitriles is 1. The van der Waals surface area contributed by atoms with Gasteiger partial charge in [0.15, 0.2) is 0 Å². The Hall–Kier alpha value is -4.07. The summed E-state index contributed by atoms with van der Waals surface area (Å²) in [5.41, 5.74) is -3.33. The van der Waals surface area contributed by atoms with Crippen LogP contribution in [0, 0.1) is 11.3 Å². The molecule has 3 rings (SSSR count). The second kappa shape index (κ2) is 9.66. The number of para-hydroxylation sites is 1. The number of halogens is 6. The molecular formula is C24H16F6N2O3. The molecule has 0 amide bonds. The van der Waals surface area contributed by atoms with E-state index in [9.17, 15) is 41.2 Å². The van der Waals surface area contributed by atoms with Crippen LogP contribution in [0.2, 0.25) is 0 Å². The number of ether oxygens (including phenoxy) is 1. The van der Waals surface area contributed by atoms with E-state index in [0.717, 1.165) is 4.57 Å². The molecule has 0 atom stereocenters. The van der Waals surface area contributed by atoms with Crippen LogP contribution in [0.25, 0.3) is 17.0 Å². The van der Waals surface area contributed by atoms with Crippen molar-refractivity contribution in [3.8, 4) is 6.07 Å². The Morgan fingerprint density at radius 3 is 2.17 bits per heavy atom. The third-order valence-corrected chi connectivity index (χ3v) is 4.93. The molecule has 0 aliphatic heterocycles. The summed E-state index contributed by atoms with van der Waals surface area (Å²) in [6.45, 7) is 1.57. The van der Waals surface area contributed by atoms with Gasteiger partial charge in [0, 0.05) is 17.1 Å². The van der Waals surface area contributed by atoms with Crippen molar-refractivity contribution in [2.45, 2.75) is 25.7 Å². The predicted octanol–water partition coefficient (Wildman–Crippen LogP) is 6.03. The number of esters is 1. The maximum Gasteiger partial charge on any atom is 0.416 e. The fraction of sp³-hybridized carbons (Fsp3) is 0.208. The molecule has 182 valence electrons. The zero-order valence-electron chi connectivity index (χ0n) is 18.0. The number of nitrogens with zero attached hydrogens (tertiary/aromatic N) is 2. The van der Waals surface area contributed by atoms with E-state index in [1.807, 2.05) is 0 Å². The Labute approximate surface area is 194 Å². The van der Waals surface area contributed by atoms with Gasteiger partial charge in [0.2, 0.25) is 5.91 Å². The molecule has 5 nitrogen and oxygen atoms in total. The number of rotatable bonds is 5. The Balaban J connectivity index is 2.06. The average molecular weight is 494 g/mol. The molecule has 0 aliphatic carbocycles. The van der Waals surface area contributed by atoms with Crippen molar-refractivity contribution in [2.75, 3.05) is 6.61 Å². The first-order valence-corrected chi connectivity index (χ1v) is 10.1. The lowest BCUT2D eigenvalue weighted by Gasteiger charge is -2.14. The van der Waals surface area contributed by atoms with Crippen molar-refractivity contribution in [3.05, 3.63) is 76.5 Å². The summed E-state index contributed by atoms with van der Waals surface area (Å²) in [7, 11) is 0. The topological polar surface area (TPSA) is 72.1 Å². The van der Waals surface area contributed by atoms with E-state index < -0.39 is 47.3 Å². The molecule has 0 bridgehead atoms. The first kappa shape index (κ1) is 25.6. The zero-order chi connectivity index (χ0) is 26.0. The molecular weight excluding hydrogens is 478 g/mol. The molecule has 3 aromatic rings. The summed E-state index contributed by atoms with van der Waals surface area (Å²) < 4.78 is 84.8. The third-order valence-electron chi connectivity index (χ3n) is 4.93. The smallest absolute Gasteiger partial charge is 0.416 e. The Morgan fingerprint density at radius 2 is 1.63 bits per heavy atom. The van der Waals surface area contributed by atoms with Crippen molar-refractivity contribution in [1.82, 2.24) is 4.57 Å². The summed E-state index contributed by atoms with van der Waals surface area (Å²) in [6, 6.07) is 8.95. The molecule has 0 saturated carbocycles. The van der Waals surface area contributed by atoms with Crippen molar-refractivity contribution < 1.29 is 40.7 Å². The monoisotopic (exact) mass is 494 g/mol. The van der Waals surface area contributed by atoms with Crippen LogP contribution in [-0.4, -0.2) is 23.1 Å². The van der Waals surface area contributed by atoms with E-state index in [1.54, 1.807) is 31.2 Å². The second-order valence-corrected chi connectivity index (χ2v) is 7.35. The van der Waals surface area contributed by atoms with Crippen LogP contribution < -0.4 is 0 Å². The third kappa shape index (κ3) is 5.71. The first-order valence-electron chi connectivity index (χ1n) is 10.1. The molecule has 0 fully saturated rings. The van der Waals surface area contributed by atoms with E-state index in [0.29, 0.717) is 17.5 Å². The van der Waals surface area contributed by atoms with Gasteiger partial charge in [-0.25, -0.2) is 4.79 Å². The average Bonchev–Trinajstić information content (AvgIpc) is 3.15. The summed E-state index contributed by atoms with van der Waals surface area (Å²) in [5.74, 6) is -1.70. The largest absolute Gasteiger partial charge is 0.462 e. The van der Waals surface area contributed by atoms with Gasteiger partial charge in [-0.05, 0) is 42.8 Å². The highest BCUT2D eigenvalue weighted by atomic mass is 19.4. The Bertz CT molecular complexity index is 1330. The maximum atomic E-state index is 13.2. The van der Waals surface area contributed by atoms with Crippen LogP contribution >= 0.6 is 0 Å². The number of carbonyl (C=O) groups is 2. The Kier molecular flexibility index (Phi) is 7.05. The summed E-state index contributed by atoms with van der Waals surface area (Å²) in [4.78, 5) is 24.9. The van der Waals surface area contributed by atoms with Crippen LogP contribution in [0.15, 0.2) is 54.2 Å². The minimum absolute atomic E-state index is 0.0132. The van der Waals surface area contributed by atoms with Gasteiger partial charge in [0.25, 0.3) is 0 Å². The molecule has 2 aromatic carbocycles. The fourth-order valence-corrected chi connectivity index (χ4v) is 3.41. The van der Waals surface area contributed by atoms with Crippen LogP contribution in [0.1, 0.15) is 34.0 Å². The molecule has 0 radical (unpaired) electrons. The minimum atomic E-state index is -5.04. The summed E-state index contributed by atoms with van der Waals surface area (Å²) >= 11 is 0. The van der Waals surface area contributed by atoms with E-state index >= 15 is 0 Å². The van der Waals surface area contributed by atoms with E-state index in [2.05, 4.69) is 0 Å². The van der Waals surface area contributed by atoms with Crippen molar-refractivity contribution in [2.24, 2.45) is 0 Å². The highest BCUT2D eigenvalue weighted by Crippen LogP contribution is 2.36. The van der Waals surface area contributed by atoms with Gasteiger partial charge < -0.3 is 4.74 Å². The van der Waals surface area contributed by atoms with Gasteiger partial charge >= 0.3 is 18.3 Å². The number of fused-ring (bicyclic) bond motifs is 1. The SMILES string of the molecule is CCOC(=O)/C(C#N)=C/c1cn(C(=O)Cc2cc(C(F)(F)F)cc(C(F)(F)F)c2)c2ccccc12. The van der Waals surface area contributed by atoms with Crippen molar-refractivity contribution in [1.29, 1.82) is 5.26 Å². The highest BCUT2D eigenvalue weighted by molar-refractivity contribution is 6.03. The molecule has 0 saturated heterocycles. The summed E-state index contributed by atoms with van der Waals surface area (Å²) in [5, 5.41) is 9.70. The van der Waals surface area contributed by atoms with Gasteiger partial charge in [0.1, 0.15) is 11.6 Å².